The smallest absolute Gasteiger partial charge is 0.237 e. The zero-order valence-corrected chi connectivity index (χ0v) is 17.6. The molecular formula is C20H30N4OS. The maximum atomic E-state index is 12.6. The molecule has 0 spiro atoms. The number of thioether (sulfide) groups is 1. The van der Waals surface area contributed by atoms with Gasteiger partial charge >= 0.3 is 0 Å². The largest absolute Gasteiger partial charge is 0.378 e. The van der Waals surface area contributed by atoms with Gasteiger partial charge in [-0.1, -0.05) is 25.6 Å². The van der Waals surface area contributed by atoms with Crippen LogP contribution in [0.1, 0.15) is 32.2 Å². The fourth-order valence-corrected chi connectivity index (χ4v) is 3.60. The van der Waals surface area contributed by atoms with E-state index in [1.165, 1.54) is 17.5 Å². The molecule has 1 aromatic heterocycles. The molecule has 2 aromatic rings. The lowest BCUT2D eigenvalue weighted by Gasteiger charge is -2.16. The molecule has 0 aliphatic carbocycles. The Morgan fingerprint density at radius 2 is 1.81 bits per heavy atom. The summed E-state index contributed by atoms with van der Waals surface area (Å²) in [5.74, 6) is 0.517. The van der Waals surface area contributed by atoms with Crippen molar-refractivity contribution in [2.24, 2.45) is 5.92 Å². The molecule has 0 aliphatic heterocycles. The Hall–Kier alpha value is -1.95. The van der Waals surface area contributed by atoms with Crippen molar-refractivity contribution in [3.05, 3.63) is 35.7 Å². The van der Waals surface area contributed by atoms with Crippen LogP contribution >= 0.6 is 11.8 Å². The number of amides is 1. The number of rotatable bonds is 7. The van der Waals surface area contributed by atoms with Gasteiger partial charge in [0.2, 0.25) is 5.91 Å². The minimum atomic E-state index is -0.226. The molecule has 1 unspecified atom stereocenters. The molecule has 142 valence electrons. The number of benzene rings is 1. The first kappa shape index (κ1) is 20.4. The highest BCUT2D eigenvalue weighted by Gasteiger charge is 2.20. The first-order chi connectivity index (χ1) is 12.2. The summed E-state index contributed by atoms with van der Waals surface area (Å²) < 4.78 is 2.22. The van der Waals surface area contributed by atoms with Crippen LogP contribution < -0.4 is 10.2 Å². The molecule has 26 heavy (non-hydrogen) atoms. The van der Waals surface area contributed by atoms with Crippen molar-refractivity contribution in [3.63, 3.8) is 0 Å². The van der Waals surface area contributed by atoms with Crippen LogP contribution in [0.2, 0.25) is 0 Å². The predicted octanol–water partition coefficient (Wildman–Crippen LogP) is 4.34. The number of nitrogens with one attached hydrogen (secondary N) is 1. The normalized spacial score (nSPS) is 12.3. The fraction of sp³-hybridized carbons (Fsp3) is 0.500. The number of hydrogen-bond donors (Lipinski definition) is 1. The summed E-state index contributed by atoms with van der Waals surface area (Å²) in [5, 5.41) is 3.68. The Balaban J connectivity index is 2.06. The third-order valence-corrected chi connectivity index (χ3v) is 5.36. The molecule has 0 fully saturated rings. The minimum absolute atomic E-state index is 0.0120. The van der Waals surface area contributed by atoms with Crippen molar-refractivity contribution in [1.82, 2.24) is 9.55 Å². The quantitative estimate of drug-likeness (QED) is 0.733. The van der Waals surface area contributed by atoms with Crippen molar-refractivity contribution in [2.45, 2.75) is 51.6 Å². The highest BCUT2D eigenvalue weighted by molar-refractivity contribution is 8.00. The van der Waals surface area contributed by atoms with Crippen molar-refractivity contribution < 1.29 is 4.79 Å². The second kappa shape index (κ2) is 8.62. The monoisotopic (exact) mass is 374 g/mol. The van der Waals surface area contributed by atoms with Gasteiger partial charge in [0.15, 0.2) is 5.16 Å². The Morgan fingerprint density at radius 1 is 1.19 bits per heavy atom. The lowest BCUT2D eigenvalue weighted by molar-refractivity contribution is -0.115. The zero-order valence-electron chi connectivity index (χ0n) is 16.8. The number of anilines is 2. The summed E-state index contributed by atoms with van der Waals surface area (Å²) in [5.41, 5.74) is 4.12. The second-order valence-corrected chi connectivity index (χ2v) is 8.57. The van der Waals surface area contributed by atoms with Crippen molar-refractivity contribution in [3.8, 4) is 0 Å². The van der Waals surface area contributed by atoms with Crippen LogP contribution in [-0.4, -0.2) is 34.8 Å². The van der Waals surface area contributed by atoms with Gasteiger partial charge in [-0.2, -0.15) is 0 Å². The highest BCUT2D eigenvalue weighted by atomic mass is 32.2. The van der Waals surface area contributed by atoms with Crippen LogP contribution in [-0.2, 0) is 11.3 Å². The Kier molecular flexibility index (Phi) is 6.75. The van der Waals surface area contributed by atoms with Crippen LogP contribution in [0.25, 0.3) is 0 Å². The number of hydrogen-bond acceptors (Lipinski definition) is 4. The second-order valence-electron chi connectivity index (χ2n) is 7.26. The van der Waals surface area contributed by atoms with Gasteiger partial charge in [-0.05, 0) is 51.0 Å². The number of aromatic nitrogens is 2. The van der Waals surface area contributed by atoms with E-state index in [1.807, 2.05) is 57.1 Å². The van der Waals surface area contributed by atoms with E-state index in [2.05, 4.69) is 35.6 Å². The molecular weight excluding hydrogens is 344 g/mol. The summed E-state index contributed by atoms with van der Waals surface area (Å²) >= 11 is 1.51. The summed E-state index contributed by atoms with van der Waals surface area (Å²) in [6.07, 6.45) is 0. The van der Waals surface area contributed by atoms with Gasteiger partial charge in [0.05, 0.1) is 10.9 Å². The molecule has 0 bridgehead atoms. The Bertz CT molecular complexity index is 750. The minimum Gasteiger partial charge on any atom is -0.378 e. The molecule has 0 saturated carbocycles. The van der Waals surface area contributed by atoms with E-state index >= 15 is 0 Å². The van der Waals surface area contributed by atoms with E-state index in [-0.39, 0.29) is 11.2 Å². The van der Waals surface area contributed by atoms with Gasteiger partial charge < -0.3 is 14.8 Å². The number of nitrogens with zero attached hydrogens (tertiary/aromatic N) is 3. The van der Waals surface area contributed by atoms with E-state index in [0.29, 0.717) is 5.92 Å². The molecule has 1 amide bonds. The molecule has 1 heterocycles. The van der Waals surface area contributed by atoms with Gasteiger partial charge in [0.1, 0.15) is 0 Å². The van der Waals surface area contributed by atoms with Gasteiger partial charge in [-0.25, -0.2) is 4.98 Å². The highest BCUT2D eigenvalue weighted by Crippen LogP contribution is 2.27. The molecule has 0 radical (unpaired) electrons. The zero-order chi connectivity index (χ0) is 19.4. The first-order valence-corrected chi connectivity index (χ1v) is 9.85. The van der Waals surface area contributed by atoms with Crippen LogP contribution in [0, 0.1) is 19.8 Å². The SMILES string of the molecule is Cc1nc(SC(C)C(=O)Nc2ccc(N(C)C)cc2)n(CC(C)C)c1C. The maximum absolute atomic E-state index is 12.6. The Labute approximate surface area is 161 Å². The lowest BCUT2D eigenvalue weighted by atomic mass is 10.2. The fourth-order valence-electron chi connectivity index (χ4n) is 2.59. The van der Waals surface area contributed by atoms with Gasteiger partial charge in [-0.3, -0.25) is 4.79 Å². The summed E-state index contributed by atoms with van der Waals surface area (Å²) in [4.78, 5) is 19.3. The number of carbonyl (C=O) groups is 1. The van der Waals surface area contributed by atoms with Gasteiger partial charge in [0.25, 0.3) is 0 Å². The van der Waals surface area contributed by atoms with E-state index in [4.69, 9.17) is 0 Å². The van der Waals surface area contributed by atoms with Crippen molar-refractivity contribution in [1.29, 1.82) is 0 Å². The van der Waals surface area contributed by atoms with Gasteiger partial charge in [-0.15, -0.1) is 0 Å². The molecule has 1 N–H and O–H groups in total. The van der Waals surface area contributed by atoms with Gasteiger partial charge in [0, 0.05) is 37.7 Å². The van der Waals surface area contributed by atoms with E-state index in [0.717, 1.165) is 28.8 Å². The molecule has 6 heteroatoms. The topological polar surface area (TPSA) is 50.2 Å². The third kappa shape index (κ3) is 5.04. The standard InChI is InChI=1S/C20H30N4OS/c1-13(2)12-24-15(4)14(3)21-20(24)26-16(5)19(25)22-17-8-10-18(11-9-17)23(6)7/h8-11,13,16H,12H2,1-7H3,(H,22,25). The average molecular weight is 375 g/mol. The van der Waals surface area contributed by atoms with Crippen LogP contribution in [0.5, 0.6) is 0 Å². The molecule has 1 atom stereocenters. The summed E-state index contributed by atoms with van der Waals surface area (Å²) in [6, 6.07) is 7.85. The van der Waals surface area contributed by atoms with E-state index < -0.39 is 0 Å². The van der Waals surface area contributed by atoms with Crippen LogP contribution in [0.15, 0.2) is 29.4 Å². The number of carbonyl (C=O) groups excluding carboxylic acids is 1. The number of aryl methyl sites for hydroxylation is 1. The summed E-state index contributed by atoms with van der Waals surface area (Å²) in [6.45, 7) is 11.3. The molecule has 5 nitrogen and oxygen atoms in total. The molecule has 2 rings (SSSR count). The first-order valence-electron chi connectivity index (χ1n) is 8.97. The van der Waals surface area contributed by atoms with Crippen molar-refractivity contribution in [2.75, 3.05) is 24.3 Å². The maximum Gasteiger partial charge on any atom is 0.237 e. The summed E-state index contributed by atoms with van der Waals surface area (Å²) in [7, 11) is 3.99. The van der Waals surface area contributed by atoms with E-state index in [1.54, 1.807) is 0 Å². The van der Waals surface area contributed by atoms with E-state index in [9.17, 15) is 4.79 Å². The van der Waals surface area contributed by atoms with Crippen LogP contribution in [0.3, 0.4) is 0 Å². The molecule has 1 aromatic carbocycles. The number of imidazole rings is 1. The Morgan fingerprint density at radius 3 is 2.35 bits per heavy atom. The predicted molar refractivity (Wildman–Crippen MR) is 111 cm³/mol. The van der Waals surface area contributed by atoms with Crippen molar-refractivity contribution >= 4 is 29.0 Å². The lowest BCUT2D eigenvalue weighted by Crippen LogP contribution is -2.23. The molecule has 0 aliphatic rings. The van der Waals surface area contributed by atoms with Crippen LogP contribution in [0.4, 0.5) is 11.4 Å². The molecule has 0 saturated heterocycles. The average Bonchev–Trinajstić information content (AvgIpc) is 2.82. The third-order valence-electron chi connectivity index (χ3n) is 4.27.